The Bertz CT molecular complexity index is 902. The van der Waals surface area contributed by atoms with Crippen LogP contribution in [0.15, 0.2) is 18.2 Å². The molecule has 2 aromatic rings. The van der Waals surface area contributed by atoms with Gasteiger partial charge in [0.15, 0.2) is 5.82 Å². The molecule has 0 radical (unpaired) electrons. The molecule has 0 aliphatic heterocycles. The molecule has 0 saturated carbocycles. The first-order valence-electron chi connectivity index (χ1n) is 9.57. The van der Waals surface area contributed by atoms with E-state index in [-0.39, 0.29) is 40.7 Å². The molecular formula is C14H16ClF3N6. The number of pyridine rings is 1. The summed E-state index contributed by atoms with van der Waals surface area (Å²) in [5, 5.41) is 3.90. The Labute approximate surface area is 150 Å². The number of anilines is 2. The highest BCUT2D eigenvalue weighted by Crippen LogP contribution is 2.24. The van der Waals surface area contributed by atoms with Crippen molar-refractivity contribution in [2.75, 3.05) is 10.6 Å². The van der Waals surface area contributed by atoms with E-state index in [4.69, 9.17) is 19.8 Å². The number of halogens is 4. The standard InChI is InChI=1S/C14H16ClF3N6/c1-7(2)19-12-22-11(9-5-4-6-10(15)21-9)23-13(24-12)20-8(3)14(16,17)18/h4-8H,1-3H3,(H2,19,20,22,23,24)/t8-/m1/s1/i3D3,4D,6D,8D. The molecule has 2 rings (SSSR count). The molecule has 1 atom stereocenters. The Morgan fingerprint density at radius 2 is 1.88 bits per heavy atom. The van der Waals surface area contributed by atoms with E-state index >= 15 is 0 Å². The van der Waals surface area contributed by atoms with Crippen molar-refractivity contribution in [2.45, 2.75) is 38.9 Å². The van der Waals surface area contributed by atoms with E-state index < -0.39 is 25.0 Å². The van der Waals surface area contributed by atoms with Gasteiger partial charge in [0, 0.05) is 10.2 Å². The topological polar surface area (TPSA) is 75.6 Å². The van der Waals surface area contributed by atoms with Crippen LogP contribution in [0.3, 0.4) is 0 Å². The average molecular weight is 367 g/mol. The Morgan fingerprint density at radius 1 is 1.21 bits per heavy atom. The van der Waals surface area contributed by atoms with Gasteiger partial charge >= 0.3 is 6.18 Å². The minimum Gasteiger partial charge on any atom is -0.352 e. The zero-order chi connectivity index (χ0) is 23.1. The quantitative estimate of drug-likeness (QED) is 0.784. The van der Waals surface area contributed by atoms with Crippen LogP contribution in [0.25, 0.3) is 11.5 Å². The third kappa shape index (κ3) is 4.92. The molecule has 0 aromatic carbocycles. The highest BCUT2D eigenvalue weighted by Gasteiger charge is 2.36. The second kappa shape index (κ2) is 7.16. The van der Waals surface area contributed by atoms with Gasteiger partial charge in [-0.2, -0.15) is 28.1 Å². The third-order valence-electron chi connectivity index (χ3n) is 2.41. The smallest absolute Gasteiger partial charge is 0.352 e. The summed E-state index contributed by atoms with van der Waals surface area (Å²) in [6.07, 6.45) is -5.50. The fourth-order valence-corrected chi connectivity index (χ4v) is 1.64. The van der Waals surface area contributed by atoms with Crippen LogP contribution in [-0.4, -0.2) is 38.2 Å². The number of hydrogen-bond acceptors (Lipinski definition) is 6. The molecule has 10 heteroatoms. The lowest BCUT2D eigenvalue weighted by Crippen LogP contribution is -2.34. The number of nitrogens with zero attached hydrogens (tertiary/aromatic N) is 4. The van der Waals surface area contributed by atoms with E-state index in [1.165, 1.54) is 5.32 Å². The minimum absolute atomic E-state index is 0.158. The number of nitrogens with one attached hydrogen (secondary N) is 2. The van der Waals surface area contributed by atoms with Crippen molar-refractivity contribution in [3.63, 3.8) is 0 Å². The second-order valence-electron chi connectivity index (χ2n) is 4.80. The molecule has 0 aliphatic rings. The van der Waals surface area contributed by atoms with Crippen LogP contribution in [0.5, 0.6) is 0 Å². The zero-order valence-electron chi connectivity index (χ0n) is 18.5. The summed E-state index contributed by atoms with van der Waals surface area (Å²) in [4.78, 5) is 15.3. The van der Waals surface area contributed by atoms with Crippen LogP contribution in [0.1, 0.15) is 28.9 Å². The molecule has 6 nitrogen and oxygen atoms in total. The summed E-state index contributed by atoms with van der Waals surface area (Å²) < 4.78 is 84.5. The average Bonchev–Trinajstić information content (AvgIpc) is 2.56. The van der Waals surface area contributed by atoms with Crippen LogP contribution in [0.2, 0.25) is 5.15 Å². The SMILES string of the molecule is [2H]c1cc(-c2nc(NC(C)C)nc(N[C@]([2H])(C([2H])([2H])[2H])C(F)(F)F)n2)nc(Cl)c1[2H]. The van der Waals surface area contributed by atoms with E-state index in [0.717, 1.165) is 6.07 Å². The summed E-state index contributed by atoms with van der Waals surface area (Å²) in [7, 11) is 0. The highest BCUT2D eigenvalue weighted by atomic mass is 35.5. The molecule has 2 aromatic heterocycles. The molecule has 0 aliphatic carbocycles. The summed E-state index contributed by atoms with van der Waals surface area (Å²) in [5.74, 6) is -1.43. The normalized spacial score (nSPS) is 18.5. The monoisotopic (exact) mass is 366 g/mol. The molecule has 2 N–H and O–H groups in total. The number of alkyl halides is 3. The van der Waals surface area contributed by atoms with Crippen molar-refractivity contribution in [1.82, 2.24) is 19.9 Å². The maximum absolute atomic E-state index is 13.4. The Balaban J connectivity index is 2.64. The van der Waals surface area contributed by atoms with Gasteiger partial charge in [0.25, 0.3) is 0 Å². The maximum atomic E-state index is 13.4. The van der Waals surface area contributed by atoms with E-state index in [1.807, 2.05) is 0 Å². The fraction of sp³-hybridized carbons (Fsp3) is 0.429. The summed E-state index contributed by atoms with van der Waals surface area (Å²) in [6, 6.07) is -4.03. The Morgan fingerprint density at radius 3 is 2.42 bits per heavy atom. The lowest BCUT2D eigenvalue weighted by Gasteiger charge is -2.18. The first kappa shape index (κ1) is 11.4. The summed E-state index contributed by atoms with van der Waals surface area (Å²) >= 11 is 5.78. The lowest BCUT2D eigenvalue weighted by molar-refractivity contribution is -0.138. The van der Waals surface area contributed by atoms with E-state index in [9.17, 15) is 13.2 Å². The van der Waals surface area contributed by atoms with Gasteiger partial charge in [0.1, 0.15) is 16.9 Å². The van der Waals surface area contributed by atoms with Crippen LogP contribution >= 0.6 is 11.6 Å². The van der Waals surface area contributed by atoms with Gasteiger partial charge in [-0.15, -0.1) is 0 Å². The first-order chi connectivity index (χ1) is 13.5. The molecule has 0 saturated heterocycles. The van der Waals surface area contributed by atoms with Gasteiger partial charge in [-0.05, 0) is 32.8 Å². The Kier molecular flexibility index (Phi) is 3.40. The lowest BCUT2D eigenvalue weighted by atomic mass is 10.3. The van der Waals surface area contributed by atoms with Crippen molar-refractivity contribution in [3.05, 3.63) is 23.3 Å². The predicted molar refractivity (Wildman–Crippen MR) is 86.0 cm³/mol. The molecule has 0 spiro atoms. The van der Waals surface area contributed by atoms with Crippen molar-refractivity contribution in [3.8, 4) is 11.5 Å². The molecule has 0 amide bonds. The predicted octanol–water partition coefficient (Wildman–Crippen LogP) is 3.77. The van der Waals surface area contributed by atoms with E-state index in [1.54, 1.807) is 13.8 Å². The number of rotatable bonds is 5. The molecule has 2 heterocycles. The molecule has 24 heavy (non-hydrogen) atoms. The van der Waals surface area contributed by atoms with Gasteiger partial charge in [-0.3, -0.25) is 0 Å². The largest absolute Gasteiger partial charge is 0.408 e. The third-order valence-corrected chi connectivity index (χ3v) is 2.58. The second-order valence-corrected chi connectivity index (χ2v) is 5.16. The van der Waals surface area contributed by atoms with Crippen LogP contribution in [-0.2, 0) is 0 Å². The molecular weight excluding hydrogens is 345 g/mol. The highest BCUT2D eigenvalue weighted by molar-refractivity contribution is 6.29. The fourth-order valence-electron chi connectivity index (χ4n) is 1.50. The first-order valence-corrected chi connectivity index (χ1v) is 6.94. The summed E-state index contributed by atoms with van der Waals surface area (Å²) in [6.45, 7) is -0.433. The van der Waals surface area contributed by atoms with Crippen LogP contribution in [0.4, 0.5) is 25.1 Å². The van der Waals surface area contributed by atoms with Gasteiger partial charge in [0.2, 0.25) is 11.9 Å². The zero-order valence-corrected chi connectivity index (χ0v) is 13.2. The summed E-state index contributed by atoms with van der Waals surface area (Å²) in [5.41, 5.74) is -0.158. The van der Waals surface area contributed by atoms with Gasteiger partial charge in [0.05, 0.1) is 4.11 Å². The van der Waals surface area contributed by atoms with Crippen molar-refractivity contribution < 1.29 is 21.4 Å². The van der Waals surface area contributed by atoms with Gasteiger partial charge < -0.3 is 10.6 Å². The molecule has 0 fully saturated rings. The maximum Gasteiger partial charge on any atom is 0.408 e. The van der Waals surface area contributed by atoms with Crippen molar-refractivity contribution >= 4 is 23.5 Å². The van der Waals surface area contributed by atoms with E-state index in [0.29, 0.717) is 0 Å². The van der Waals surface area contributed by atoms with Crippen molar-refractivity contribution in [1.29, 1.82) is 0 Å². The molecule has 0 unspecified atom stereocenters. The van der Waals surface area contributed by atoms with Gasteiger partial charge in [-0.1, -0.05) is 17.6 Å². The van der Waals surface area contributed by atoms with Crippen LogP contribution in [0, 0.1) is 0 Å². The molecule has 0 bridgehead atoms. The number of hydrogen-bond donors (Lipinski definition) is 2. The Hall–Kier alpha value is -2.16. The van der Waals surface area contributed by atoms with Gasteiger partial charge in [-0.25, -0.2) is 4.98 Å². The van der Waals surface area contributed by atoms with Crippen LogP contribution < -0.4 is 10.6 Å². The van der Waals surface area contributed by atoms with E-state index in [2.05, 4.69) is 25.3 Å². The number of aromatic nitrogens is 4. The van der Waals surface area contributed by atoms with Crippen molar-refractivity contribution in [2.24, 2.45) is 0 Å². The molecule has 130 valence electrons. The minimum atomic E-state index is -5.50.